The van der Waals surface area contributed by atoms with Crippen LogP contribution in [0.4, 0.5) is 0 Å². The Kier molecular flexibility index (Phi) is 7.39. The fraction of sp³-hybridized carbons (Fsp3) is 1.00. The monoisotopic (exact) mass is 178 g/mol. The zero-order valence-corrected chi connectivity index (χ0v) is 7.69. The van der Waals surface area contributed by atoms with Crippen molar-refractivity contribution < 1.29 is 19.7 Å². The van der Waals surface area contributed by atoms with E-state index in [1.54, 1.807) is 0 Å². The first-order valence-corrected chi connectivity index (χ1v) is 4.27. The molecule has 0 radical (unpaired) electrons. The molecule has 0 fully saturated rings. The van der Waals surface area contributed by atoms with Crippen LogP contribution in [0.15, 0.2) is 0 Å². The highest BCUT2D eigenvalue weighted by Gasteiger charge is 2.13. The molecular formula is C8H18O4. The molecule has 4 nitrogen and oxygen atoms in total. The van der Waals surface area contributed by atoms with Gasteiger partial charge in [-0.05, 0) is 13.3 Å². The Labute approximate surface area is 73.1 Å². The summed E-state index contributed by atoms with van der Waals surface area (Å²) < 4.78 is 10.3. The van der Waals surface area contributed by atoms with Gasteiger partial charge in [-0.2, -0.15) is 0 Å². The highest BCUT2D eigenvalue weighted by molar-refractivity contribution is 4.53. The minimum Gasteiger partial charge on any atom is -0.394 e. The summed E-state index contributed by atoms with van der Waals surface area (Å²) in [7, 11) is 0. The number of hydrogen-bond donors (Lipinski definition) is 2. The van der Waals surface area contributed by atoms with Crippen molar-refractivity contribution in [3.05, 3.63) is 0 Å². The van der Waals surface area contributed by atoms with Crippen LogP contribution in [-0.2, 0) is 9.47 Å². The topological polar surface area (TPSA) is 58.9 Å². The van der Waals surface area contributed by atoms with Gasteiger partial charge in [-0.25, -0.2) is 0 Å². The van der Waals surface area contributed by atoms with E-state index in [1.807, 2.05) is 13.8 Å². The maximum Gasteiger partial charge on any atom is 0.180 e. The molecule has 0 aliphatic carbocycles. The summed E-state index contributed by atoms with van der Waals surface area (Å²) in [5.74, 6) is 0. The molecule has 2 atom stereocenters. The van der Waals surface area contributed by atoms with Crippen molar-refractivity contribution >= 4 is 0 Å². The summed E-state index contributed by atoms with van der Waals surface area (Å²) in [5, 5.41) is 17.5. The molecule has 0 aliphatic heterocycles. The van der Waals surface area contributed by atoms with Crippen molar-refractivity contribution in [3.63, 3.8) is 0 Å². The van der Waals surface area contributed by atoms with Crippen LogP contribution < -0.4 is 0 Å². The average molecular weight is 178 g/mol. The van der Waals surface area contributed by atoms with E-state index < -0.39 is 6.29 Å². The van der Waals surface area contributed by atoms with Crippen LogP contribution in [0.3, 0.4) is 0 Å². The van der Waals surface area contributed by atoms with E-state index in [9.17, 15) is 0 Å². The minimum atomic E-state index is -0.605. The molecule has 4 heteroatoms. The molecule has 0 rings (SSSR count). The lowest BCUT2D eigenvalue weighted by molar-refractivity contribution is -0.192. The second-order valence-corrected chi connectivity index (χ2v) is 2.42. The molecule has 2 N–H and O–H groups in total. The second-order valence-electron chi connectivity index (χ2n) is 2.42. The van der Waals surface area contributed by atoms with Crippen molar-refractivity contribution in [1.29, 1.82) is 0 Å². The van der Waals surface area contributed by atoms with E-state index in [-0.39, 0.29) is 19.3 Å². The molecule has 0 amide bonds. The standard InChI is InChI=1S/C8H18O4/c1-3-7(5-9)12-8(6-10)11-4-2/h7-10H,3-6H2,1-2H3. The van der Waals surface area contributed by atoms with Crippen molar-refractivity contribution in [2.24, 2.45) is 0 Å². The van der Waals surface area contributed by atoms with Crippen LogP contribution in [0.25, 0.3) is 0 Å². The Morgan fingerprint density at radius 3 is 2.17 bits per heavy atom. The van der Waals surface area contributed by atoms with Gasteiger partial charge >= 0.3 is 0 Å². The minimum absolute atomic E-state index is 0.0416. The molecule has 0 saturated carbocycles. The quantitative estimate of drug-likeness (QED) is 0.544. The molecule has 0 heterocycles. The van der Waals surface area contributed by atoms with Crippen molar-refractivity contribution in [2.75, 3.05) is 19.8 Å². The van der Waals surface area contributed by atoms with Gasteiger partial charge in [-0.1, -0.05) is 6.92 Å². The number of ether oxygens (including phenoxy) is 2. The van der Waals surface area contributed by atoms with Crippen molar-refractivity contribution in [3.8, 4) is 0 Å². The molecule has 0 aliphatic rings. The smallest absolute Gasteiger partial charge is 0.180 e. The van der Waals surface area contributed by atoms with Crippen LogP contribution in [0, 0.1) is 0 Å². The van der Waals surface area contributed by atoms with Gasteiger partial charge in [0.1, 0.15) is 0 Å². The lowest BCUT2D eigenvalue weighted by atomic mass is 10.3. The zero-order valence-electron chi connectivity index (χ0n) is 7.69. The highest BCUT2D eigenvalue weighted by Crippen LogP contribution is 2.03. The molecule has 2 unspecified atom stereocenters. The van der Waals surface area contributed by atoms with Gasteiger partial charge in [0, 0.05) is 6.61 Å². The molecule has 0 spiro atoms. The normalized spacial score (nSPS) is 16.0. The highest BCUT2D eigenvalue weighted by atomic mass is 16.7. The lowest BCUT2D eigenvalue weighted by Gasteiger charge is -2.20. The summed E-state index contributed by atoms with van der Waals surface area (Å²) in [6, 6.07) is 0. The Balaban J connectivity index is 3.65. The summed E-state index contributed by atoms with van der Waals surface area (Å²) in [6.45, 7) is 4.00. The third-order valence-electron chi connectivity index (χ3n) is 1.50. The summed E-state index contributed by atoms with van der Waals surface area (Å²) >= 11 is 0. The summed E-state index contributed by atoms with van der Waals surface area (Å²) in [5.41, 5.74) is 0. The molecule has 0 bridgehead atoms. The molecule has 0 aromatic carbocycles. The van der Waals surface area contributed by atoms with Gasteiger partial charge in [0.25, 0.3) is 0 Å². The maximum atomic E-state index is 8.78. The van der Waals surface area contributed by atoms with E-state index in [4.69, 9.17) is 19.7 Å². The molecule has 0 aromatic heterocycles. The lowest BCUT2D eigenvalue weighted by Crippen LogP contribution is -2.29. The Morgan fingerprint density at radius 2 is 1.83 bits per heavy atom. The van der Waals surface area contributed by atoms with E-state index in [0.717, 1.165) is 0 Å². The summed E-state index contributed by atoms with van der Waals surface area (Å²) in [4.78, 5) is 0. The third-order valence-corrected chi connectivity index (χ3v) is 1.50. The largest absolute Gasteiger partial charge is 0.394 e. The average Bonchev–Trinajstić information content (AvgIpc) is 2.12. The van der Waals surface area contributed by atoms with E-state index >= 15 is 0 Å². The number of aliphatic hydroxyl groups is 2. The van der Waals surface area contributed by atoms with Gasteiger partial charge in [0.2, 0.25) is 0 Å². The molecular weight excluding hydrogens is 160 g/mol. The first kappa shape index (κ1) is 11.8. The van der Waals surface area contributed by atoms with Gasteiger partial charge in [0.15, 0.2) is 6.29 Å². The van der Waals surface area contributed by atoms with Crippen LogP contribution in [0.2, 0.25) is 0 Å². The van der Waals surface area contributed by atoms with Crippen LogP contribution in [0.1, 0.15) is 20.3 Å². The van der Waals surface area contributed by atoms with Gasteiger partial charge in [0.05, 0.1) is 19.3 Å². The number of hydrogen-bond acceptors (Lipinski definition) is 4. The van der Waals surface area contributed by atoms with E-state index in [2.05, 4.69) is 0 Å². The first-order valence-electron chi connectivity index (χ1n) is 4.27. The van der Waals surface area contributed by atoms with Crippen molar-refractivity contribution in [1.82, 2.24) is 0 Å². The summed E-state index contributed by atoms with van der Waals surface area (Å²) in [6.07, 6.45) is -0.138. The van der Waals surface area contributed by atoms with Crippen molar-refractivity contribution in [2.45, 2.75) is 32.7 Å². The number of aliphatic hydroxyl groups excluding tert-OH is 2. The van der Waals surface area contributed by atoms with E-state index in [1.165, 1.54) is 0 Å². The Morgan fingerprint density at radius 1 is 1.17 bits per heavy atom. The van der Waals surface area contributed by atoms with Crippen LogP contribution in [0.5, 0.6) is 0 Å². The predicted molar refractivity (Wildman–Crippen MR) is 44.7 cm³/mol. The third kappa shape index (κ3) is 4.66. The maximum absolute atomic E-state index is 8.78. The van der Waals surface area contributed by atoms with E-state index in [0.29, 0.717) is 13.0 Å². The Hall–Kier alpha value is -0.160. The van der Waals surface area contributed by atoms with Crippen LogP contribution in [-0.4, -0.2) is 42.4 Å². The fourth-order valence-electron chi connectivity index (χ4n) is 0.804. The number of rotatable bonds is 7. The van der Waals surface area contributed by atoms with Gasteiger partial charge in [-0.15, -0.1) is 0 Å². The SMILES string of the molecule is CCOC(CO)OC(CC)CO. The van der Waals surface area contributed by atoms with Crippen LogP contribution >= 0.6 is 0 Å². The van der Waals surface area contributed by atoms with Gasteiger partial charge in [-0.3, -0.25) is 0 Å². The molecule has 74 valence electrons. The first-order chi connectivity index (χ1) is 5.78. The molecule has 0 aromatic rings. The zero-order chi connectivity index (χ0) is 9.40. The molecule has 0 saturated heterocycles. The Bertz CT molecular complexity index is 93.1. The van der Waals surface area contributed by atoms with Gasteiger partial charge < -0.3 is 19.7 Å². The molecule has 12 heavy (non-hydrogen) atoms. The second kappa shape index (κ2) is 7.49. The fourth-order valence-corrected chi connectivity index (χ4v) is 0.804. The predicted octanol–water partition coefficient (Wildman–Crippen LogP) is 0.129.